The highest BCUT2D eigenvalue weighted by atomic mass is 16.6. The molecule has 1 aromatic heterocycles. The molecule has 0 saturated heterocycles. The first-order chi connectivity index (χ1) is 9.99. The molecule has 1 heterocycles. The zero-order chi connectivity index (χ0) is 15.4. The summed E-state index contributed by atoms with van der Waals surface area (Å²) >= 11 is 0. The van der Waals surface area contributed by atoms with Crippen LogP contribution in [-0.2, 0) is 0 Å². The molecule has 2 aromatic rings. The third-order valence-corrected chi connectivity index (χ3v) is 3.22. The van der Waals surface area contributed by atoms with E-state index >= 15 is 0 Å². The van der Waals surface area contributed by atoms with Gasteiger partial charge in [-0.1, -0.05) is 29.8 Å². The number of anilines is 2. The first-order valence-electron chi connectivity index (χ1n) is 6.67. The molecule has 6 heteroatoms. The van der Waals surface area contributed by atoms with Gasteiger partial charge in [-0.2, -0.15) is 0 Å². The van der Waals surface area contributed by atoms with Crippen LogP contribution in [0.1, 0.15) is 24.1 Å². The van der Waals surface area contributed by atoms with Crippen molar-refractivity contribution in [2.75, 3.05) is 17.7 Å². The number of nitro groups is 1. The third-order valence-electron chi connectivity index (χ3n) is 3.22. The SMILES string of the molecule is CNc1cc([N+](=O)[O-])cc(NC(C)c2ccc(C)cc2)n1. The Labute approximate surface area is 123 Å². The Kier molecular flexibility index (Phi) is 4.37. The number of aryl methyl sites for hydroxylation is 1. The monoisotopic (exact) mass is 286 g/mol. The number of nitrogens with one attached hydrogen (secondary N) is 2. The van der Waals surface area contributed by atoms with Gasteiger partial charge in [0.1, 0.15) is 11.6 Å². The zero-order valence-corrected chi connectivity index (χ0v) is 12.3. The second kappa shape index (κ2) is 6.21. The van der Waals surface area contributed by atoms with E-state index in [1.165, 1.54) is 17.7 Å². The van der Waals surface area contributed by atoms with E-state index in [0.29, 0.717) is 11.6 Å². The van der Waals surface area contributed by atoms with Crippen molar-refractivity contribution in [1.82, 2.24) is 4.98 Å². The molecule has 0 saturated carbocycles. The van der Waals surface area contributed by atoms with E-state index < -0.39 is 4.92 Å². The Hall–Kier alpha value is -2.63. The van der Waals surface area contributed by atoms with Crippen LogP contribution in [0.3, 0.4) is 0 Å². The lowest BCUT2D eigenvalue weighted by molar-refractivity contribution is -0.384. The van der Waals surface area contributed by atoms with Crippen molar-refractivity contribution in [3.63, 3.8) is 0 Å². The topological polar surface area (TPSA) is 80.1 Å². The molecule has 0 aliphatic rings. The molecule has 0 amide bonds. The molecule has 0 fully saturated rings. The van der Waals surface area contributed by atoms with Gasteiger partial charge in [0.2, 0.25) is 0 Å². The summed E-state index contributed by atoms with van der Waals surface area (Å²) in [5.41, 5.74) is 2.30. The molecular formula is C15H18N4O2. The van der Waals surface area contributed by atoms with Crippen molar-refractivity contribution in [2.24, 2.45) is 0 Å². The normalized spacial score (nSPS) is 11.8. The van der Waals surface area contributed by atoms with Gasteiger partial charge in [-0.25, -0.2) is 4.98 Å². The van der Waals surface area contributed by atoms with Crippen LogP contribution < -0.4 is 10.6 Å². The summed E-state index contributed by atoms with van der Waals surface area (Å²) in [6.07, 6.45) is 0. The molecule has 0 bridgehead atoms. The van der Waals surface area contributed by atoms with E-state index in [1.54, 1.807) is 7.05 Å². The predicted molar refractivity (Wildman–Crippen MR) is 83.7 cm³/mol. The number of rotatable bonds is 5. The first kappa shape index (κ1) is 14.8. The van der Waals surface area contributed by atoms with Gasteiger partial charge in [0.15, 0.2) is 0 Å². The fourth-order valence-electron chi connectivity index (χ4n) is 1.98. The van der Waals surface area contributed by atoms with Crippen LogP contribution in [0.4, 0.5) is 17.3 Å². The summed E-state index contributed by atoms with van der Waals surface area (Å²) in [5, 5.41) is 17.0. The van der Waals surface area contributed by atoms with Crippen LogP contribution in [0.2, 0.25) is 0 Å². The molecule has 6 nitrogen and oxygen atoms in total. The molecule has 1 atom stereocenters. The lowest BCUT2D eigenvalue weighted by Crippen LogP contribution is -2.09. The summed E-state index contributed by atoms with van der Waals surface area (Å²) in [6, 6.07) is 11.0. The standard InChI is InChI=1S/C15H18N4O2/c1-10-4-6-12(7-5-10)11(2)17-15-9-13(19(20)21)8-14(16-3)18-15/h4-9,11H,1-3H3,(H2,16,17,18). The molecule has 21 heavy (non-hydrogen) atoms. The largest absolute Gasteiger partial charge is 0.373 e. The molecule has 110 valence electrons. The molecule has 1 aromatic carbocycles. The van der Waals surface area contributed by atoms with Crippen LogP contribution >= 0.6 is 0 Å². The van der Waals surface area contributed by atoms with Crippen molar-refractivity contribution in [3.05, 3.63) is 57.6 Å². The molecule has 2 N–H and O–H groups in total. The third kappa shape index (κ3) is 3.68. The van der Waals surface area contributed by atoms with Gasteiger partial charge >= 0.3 is 0 Å². The Morgan fingerprint density at radius 1 is 1.19 bits per heavy atom. The van der Waals surface area contributed by atoms with E-state index in [4.69, 9.17) is 0 Å². The van der Waals surface area contributed by atoms with Crippen molar-refractivity contribution in [1.29, 1.82) is 0 Å². The smallest absolute Gasteiger partial charge is 0.276 e. The summed E-state index contributed by atoms with van der Waals surface area (Å²) in [7, 11) is 1.68. The van der Waals surface area contributed by atoms with E-state index in [1.807, 2.05) is 38.1 Å². The van der Waals surface area contributed by atoms with E-state index in [9.17, 15) is 10.1 Å². The van der Waals surface area contributed by atoms with Crippen LogP contribution in [0.5, 0.6) is 0 Å². The highest BCUT2D eigenvalue weighted by Gasteiger charge is 2.13. The fourth-order valence-corrected chi connectivity index (χ4v) is 1.98. The second-order valence-electron chi connectivity index (χ2n) is 4.88. The first-order valence-corrected chi connectivity index (χ1v) is 6.67. The van der Waals surface area contributed by atoms with Crippen LogP contribution in [0, 0.1) is 17.0 Å². The average Bonchev–Trinajstić information content (AvgIpc) is 2.47. The number of hydrogen-bond acceptors (Lipinski definition) is 5. The predicted octanol–water partition coefficient (Wildman–Crippen LogP) is 3.51. The van der Waals surface area contributed by atoms with E-state index in [-0.39, 0.29) is 11.7 Å². The molecule has 0 spiro atoms. The number of benzene rings is 1. The minimum atomic E-state index is -0.426. The molecule has 0 aliphatic carbocycles. The van der Waals surface area contributed by atoms with Gasteiger partial charge in [0, 0.05) is 13.1 Å². The lowest BCUT2D eigenvalue weighted by Gasteiger charge is -2.15. The number of hydrogen-bond donors (Lipinski definition) is 2. The Bertz CT molecular complexity index is 641. The van der Waals surface area contributed by atoms with Crippen molar-refractivity contribution in [2.45, 2.75) is 19.9 Å². The minimum Gasteiger partial charge on any atom is -0.373 e. The van der Waals surface area contributed by atoms with Gasteiger partial charge in [-0.05, 0) is 19.4 Å². The maximum Gasteiger partial charge on any atom is 0.276 e. The van der Waals surface area contributed by atoms with Crippen molar-refractivity contribution in [3.8, 4) is 0 Å². The van der Waals surface area contributed by atoms with Gasteiger partial charge in [0.25, 0.3) is 5.69 Å². The molecular weight excluding hydrogens is 268 g/mol. The fraction of sp³-hybridized carbons (Fsp3) is 0.267. The maximum absolute atomic E-state index is 10.9. The Morgan fingerprint density at radius 2 is 1.81 bits per heavy atom. The maximum atomic E-state index is 10.9. The Balaban J connectivity index is 2.23. The number of nitrogens with zero attached hydrogens (tertiary/aromatic N) is 2. The van der Waals surface area contributed by atoms with Gasteiger partial charge in [0.05, 0.1) is 17.1 Å². The minimum absolute atomic E-state index is 0.00445. The average molecular weight is 286 g/mol. The number of pyridine rings is 1. The summed E-state index contributed by atoms with van der Waals surface area (Å²) in [4.78, 5) is 14.8. The van der Waals surface area contributed by atoms with Crippen molar-refractivity contribution >= 4 is 17.3 Å². The summed E-state index contributed by atoms with van der Waals surface area (Å²) in [5.74, 6) is 0.935. The zero-order valence-electron chi connectivity index (χ0n) is 12.3. The lowest BCUT2D eigenvalue weighted by atomic mass is 10.1. The van der Waals surface area contributed by atoms with Crippen LogP contribution in [-0.4, -0.2) is 17.0 Å². The highest BCUT2D eigenvalue weighted by Crippen LogP contribution is 2.24. The van der Waals surface area contributed by atoms with Crippen molar-refractivity contribution < 1.29 is 4.92 Å². The van der Waals surface area contributed by atoms with E-state index in [2.05, 4.69) is 15.6 Å². The molecule has 2 rings (SSSR count). The van der Waals surface area contributed by atoms with Crippen LogP contribution in [0.25, 0.3) is 0 Å². The summed E-state index contributed by atoms with van der Waals surface area (Å²) < 4.78 is 0. The molecule has 0 radical (unpaired) electrons. The Morgan fingerprint density at radius 3 is 2.38 bits per heavy atom. The second-order valence-corrected chi connectivity index (χ2v) is 4.88. The van der Waals surface area contributed by atoms with E-state index in [0.717, 1.165) is 5.56 Å². The van der Waals surface area contributed by atoms with Gasteiger partial charge in [-0.3, -0.25) is 10.1 Å². The number of aromatic nitrogens is 1. The highest BCUT2D eigenvalue weighted by molar-refractivity contribution is 5.55. The molecule has 0 aliphatic heterocycles. The van der Waals surface area contributed by atoms with Crippen LogP contribution in [0.15, 0.2) is 36.4 Å². The van der Waals surface area contributed by atoms with Gasteiger partial charge < -0.3 is 10.6 Å². The molecule has 1 unspecified atom stereocenters. The summed E-state index contributed by atoms with van der Waals surface area (Å²) in [6.45, 7) is 4.02. The van der Waals surface area contributed by atoms with Gasteiger partial charge in [-0.15, -0.1) is 0 Å². The quantitative estimate of drug-likeness (QED) is 0.649.